The molecule has 1 aliphatic heterocycles. The topological polar surface area (TPSA) is 57.6 Å². The monoisotopic (exact) mass is 415 g/mol. The van der Waals surface area contributed by atoms with Crippen molar-refractivity contribution < 1.29 is 14.7 Å². The van der Waals surface area contributed by atoms with Crippen molar-refractivity contribution in [1.82, 2.24) is 4.90 Å². The van der Waals surface area contributed by atoms with E-state index >= 15 is 0 Å². The lowest BCUT2D eigenvalue weighted by Crippen LogP contribution is -2.54. The summed E-state index contributed by atoms with van der Waals surface area (Å²) in [5.41, 5.74) is 0.160. The van der Waals surface area contributed by atoms with Gasteiger partial charge < -0.3 is 5.11 Å². The van der Waals surface area contributed by atoms with Crippen molar-refractivity contribution in [3.05, 3.63) is 68.7 Å². The Balaban J connectivity index is 1.90. The quantitative estimate of drug-likeness (QED) is 0.659. The molecule has 4 nitrogen and oxygen atoms in total. The number of carbonyl (C=O) groups is 2. The molecule has 1 N–H and O–H groups in total. The molecule has 2 atom stereocenters. The zero-order valence-electron chi connectivity index (χ0n) is 15.7. The van der Waals surface area contributed by atoms with Crippen LogP contribution in [0.1, 0.15) is 48.9 Å². The van der Waals surface area contributed by atoms with Crippen LogP contribution in [0.2, 0.25) is 10.0 Å². The maximum atomic E-state index is 13.5. The smallest absolute Gasteiger partial charge is 0.237 e. The Labute approximate surface area is 173 Å². The van der Waals surface area contributed by atoms with E-state index in [4.69, 9.17) is 23.2 Å². The van der Waals surface area contributed by atoms with Crippen LogP contribution in [0.25, 0.3) is 0 Å². The minimum atomic E-state index is -1.74. The van der Waals surface area contributed by atoms with Crippen molar-refractivity contribution >= 4 is 35.0 Å². The molecule has 4 aliphatic rings. The summed E-state index contributed by atoms with van der Waals surface area (Å²) < 4.78 is 0. The van der Waals surface area contributed by atoms with E-state index in [-0.39, 0.29) is 17.7 Å². The summed E-state index contributed by atoms with van der Waals surface area (Å²) in [7, 11) is 0. The predicted octanol–water partition coefficient (Wildman–Crippen LogP) is 4.09. The number of aliphatic hydroxyl groups is 1. The van der Waals surface area contributed by atoms with Crippen molar-refractivity contribution in [2.24, 2.45) is 11.8 Å². The summed E-state index contributed by atoms with van der Waals surface area (Å²) in [4.78, 5) is 28.2. The molecule has 1 heterocycles. The zero-order chi connectivity index (χ0) is 20.2. The average Bonchev–Trinajstić information content (AvgIpc) is 2.87. The number of halogens is 2. The van der Waals surface area contributed by atoms with Crippen LogP contribution in [0.5, 0.6) is 0 Å². The second-order valence-corrected chi connectivity index (χ2v) is 9.65. The van der Waals surface area contributed by atoms with Gasteiger partial charge in [-0.2, -0.15) is 0 Å². The van der Waals surface area contributed by atoms with Crippen molar-refractivity contribution in [2.45, 2.75) is 37.8 Å². The molecule has 2 aromatic rings. The lowest BCUT2D eigenvalue weighted by molar-refractivity contribution is -0.147. The van der Waals surface area contributed by atoms with Crippen LogP contribution >= 0.6 is 23.2 Å². The fourth-order valence-electron chi connectivity index (χ4n) is 5.52. The Hall–Kier alpha value is -1.88. The summed E-state index contributed by atoms with van der Waals surface area (Å²) in [6, 6.07) is 10.8. The highest BCUT2D eigenvalue weighted by Crippen LogP contribution is 2.65. The third-order valence-corrected chi connectivity index (χ3v) is 6.99. The Morgan fingerprint density at radius 3 is 1.89 bits per heavy atom. The first-order valence-electron chi connectivity index (χ1n) is 9.28. The molecule has 0 spiro atoms. The standard InChI is InChI=1S/C22H19Cl2NO3/c1-21(2,3)25-19(26)15-14-10-6-4-8-12(23)16(10)22(28,18(15)20(25)27)17-11(14)7-5-9-13(17)24/h4-9,14-15,18,28H,1-3H3/t14?,15-,18+,22?/m0/s1. The van der Waals surface area contributed by atoms with E-state index in [0.717, 1.165) is 11.1 Å². The lowest BCUT2D eigenvalue weighted by atomic mass is 9.52. The van der Waals surface area contributed by atoms with Gasteiger partial charge >= 0.3 is 0 Å². The molecule has 3 aliphatic carbocycles. The van der Waals surface area contributed by atoms with Gasteiger partial charge in [0.2, 0.25) is 11.8 Å². The lowest BCUT2D eigenvalue weighted by Gasteiger charge is -2.51. The molecule has 6 rings (SSSR count). The van der Waals surface area contributed by atoms with E-state index in [1.165, 1.54) is 4.90 Å². The van der Waals surface area contributed by atoms with E-state index in [9.17, 15) is 14.7 Å². The van der Waals surface area contributed by atoms with Gasteiger partial charge in [-0.1, -0.05) is 47.5 Å². The van der Waals surface area contributed by atoms with Gasteiger partial charge in [0.15, 0.2) is 0 Å². The molecule has 144 valence electrons. The van der Waals surface area contributed by atoms with Gasteiger partial charge in [0.05, 0.1) is 11.8 Å². The molecule has 0 aromatic heterocycles. The van der Waals surface area contributed by atoms with Crippen molar-refractivity contribution in [3.63, 3.8) is 0 Å². The zero-order valence-corrected chi connectivity index (χ0v) is 17.2. The predicted molar refractivity (Wildman–Crippen MR) is 106 cm³/mol. The van der Waals surface area contributed by atoms with Gasteiger partial charge in [-0.3, -0.25) is 14.5 Å². The molecule has 0 saturated carbocycles. The Morgan fingerprint density at radius 1 is 0.929 bits per heavy atom. The minimum Gasteiger partial charge on any atom is -0.379 e. The second-order valence-electron chi connectivity index (χ2n) is 8.84. The fourth-order valence-corrected chi connectivity index (χ4v) is 6.17. The largest absolute Gasteiger partial charge is 0.379 e. The Kier molecular flexibility index (Phi) is 3.49. The number of rotatable bonds is 0. The van der Waals surface area contributed by atoms with Crippen molar-refractivity contribution in [3.8, 4) is 0 Å². The highest BCUT2D eigenvalue weighted by atomic mass is 35.5. The molecule has 2 amide bonds. The van der Waals surface area contributed by atoms with E-state index in [1.807, 2.05) is 45.0 Å². The molecule has 6 heteroatoms. The second kappa shape index (κ2) is 5.38. The van der Waals surface area contributed by atoms with Gasteiger partial charge in [0.25, 0.3) is 0 Å². The maximum Gasteiger partial charge on any atom is 0.237 e. The normalized spacial score (nSPS) is 30.4. The summed E-state index contributed by atoms with van der Waals surface area (Å²) in [5, 5.41) is 12.9. The molecular weight excluding hydrogens is 397 g/mol. The molecule has 28 heavy (non-hydrogen) atoms. The molecule has 2 bridgehead atoms. The Bertz CT molecular complexity index is 1020. The highest BCUT2D eigenvalue weighted by Gasteiger charge is 2.69. The van der Waals surface area contributed by atoms with Crippen LogP contribution < -0.4 is 0 Å². The van der Waals surface area contributed by atoms with Crippen molar-refractivity contribution in [1.29, 1.82) is 0 Å². The van der Waals surface area contributed by atoms with Crippen LogP contribution in [-0.4, -0.2) is 27.4 Å². The molecule has 1 fully saturated rings. The number of likely N-dealkylation sites (tertiary alicyclic amines) is 1. The van der Waals surface area contributed by atoms with Crippen LogP contribution in [0, 0.1) is 11.8 Å². The van der Waals surface area contributed by atoms with E-state index < -0.39 is 23.0 Å². The van der Waals surface area contributed by atoms with Gasteiger partial charge in [0.1, 0.15) is 5.60 Å². The number of carbonyl (C=O) groups excluding carboxylic acids is 2. The number of benzene rings is 2. The number of amides is 2. The Morgan fingerprint density at radius 2 is 1.43 bits per heavy atom. The van der Waals surface area contributed by atoms with Crippen LogP contribution in [0.4, 0.5) is 0 Å². The SMILES string of the molecule is CC(C)(C)N1C(=O)[C@H]2C3c4cccc(Cl)c4C(O)(c4c(Cl)cccc43)[C@H]2C1=O. The number of imide groups is 1. The van der Waals surface area contributed by atoms with Gasteiger partial charge in [0, 0.05) is 32.6 Å². The van der Waals surface area contributed by atoms with Crippen molar-refractivity contribution in [2.75, 3.05) is 0 Å². The summed E-state index contributed by atoms with van der Waals surface area (Å²) in [6.45, 7) is 5.48. The third-order valence-electron chi connectivity index (χ3n) is 6.36. The molecule has 1 saturated heterocycles. The first kappa shape index (κ1) is 18.2. The average molecular weight is 416 g/mol. The van der Waals surface area contributed by atoms with Crippen LogP contribution in [0.3, 0.4) is 0 Å². The van der Waals surface area contributed by atoms with E-state index in [0.29, 0.717) is 21.2 Å². The number of hydrogen-bond donors (Lipinski definition) is 1. The number of nitrogens with zero attached hydrogens (tertiary/aromatic N) is 1. The summed E-state index contributed by atoms with van der Waals surface area (Å²) in [5.74, 6) is -2.60. The molecular formula is C22H19Cl2NO3. The number of hydrogen-bond acceptors (Lipinski definition) is 3. The highest BCUT2D eigenvalue weighted by molar-refractivity contribution is 6.33. The maximum absolute atomic E-state index is 13.5. The molecule has 0 unspecified atom stereocenters. The van der Waals surface area contributed by atoms with Gasteiger partial charge in [-0.15, -0.1) is 0 Å². The first-order valence-corrected chi connectivity index (χ1v) is 10.0. The molecule has 0 radical (unpaired) electrons. The van der Waals surface area contributed by atoms with E-state index in [1.54, 1.807) is 12.1 Å². The summed E-state index contributed by atoms with van der Waals surface area (Å²) in [6.07, 6.45) is 0. The minimum absolute atomic E-state index is 0.248. The van der Waals surface area contributed by atoms with Crippen LogP contribution in [0.15, 0.2) is 36.4 Å². The van der Waals surface area contributed by atoms with Gasteiger partial charge in [-0.25, -0.2) is 0 Å². The van der Waals surface area contributed by atoms with E-state index in [2.05, 4.69) is 0 Å². The molecule has 2 aromatic carbocycles. The first-order chi connectivity index (χ1) is 13.1. The fraction of sp³-hybridized carbons (Fsp3) is 0.364. The van der Waals surface area contributed by atoms with Gasteiger partial charge in [-0.05, 0) is 44.0 Å². The third kappa shape index (κ3) is 1.91. The summed E-state index contributed by atoms with van der Waals surface area (Å²) >= 11 is 13.1. The van der Waals surface area contributed by atoms with Crippen LogP contribution in [-0.2, 0) is 15.2 Å².